The van der Waals surface area contributed by atoms with E-state index in [9.17, 15) is 5.11 Å². The molecule has 0 spiro atoms. The Morgan fingerprint density at radius 3 is 1.46 bits per heavy atom. The molecule has 0 fully saturated rings. The Bertz CT molecular complexity index is 791. The first-order valence-corrected chi connectivity index (χ1v) is 9.55. The van der Waals surface area contributed by atoms with Crippen LogP contribution in [0.15, 0.2) is 60.7 Å². The topological polar surface area (TPSA) is 20.2 Å². The lowest BCUT2D eigenvalue weighted by Gasteiger charge is -2.26. The van der Waals surface area contributed by atoms with Gasteiger partial charge in [-0.15, -0.1) is 0 Å². The number of benzene rings is 3. The fourth-order valence-corrected chi connectivity index (χ4v) is 6.26. The fourth-order valence-electron chi connectivity index (χ4n) is 3.32. The Morgan fingerprint density at radius 1 is 0.625 bits per heavy atom. The van der Waals surface area contributed by atoms with Gasteiger partial charge in [-0.2, -0.15) is 0 Å². The second-order valence-corrected chi connectivity index (χ2v) is 8.42. The summed E-state index contributed by atoms with van der Waals surface area (Å²) < 4.78 is 0. The maximum Gasteiger partial charge on any atom is 0.116 e. The molecule has 3 aromatic carbocycles. The third-order valence-corrected chi connectivity index (χ3v) is 7.51. The summed E-state index contributed by atoms with van der Waals surface area (Å²) in [5.74, 6) is 0.331. The second kappa shape index (κ2) is 6.79. The number of rotatable bonds is 3. The van der Waals surface area contributed by atoms with Gasteiger partial charge in [0.25, 0.3) is 0 Å². The van der Waals surface area contributed by atoms with Gasteiger partial charge in [-0.1, -0.05) is 48.5 Å². The molecular formula is C22H23OP. The number of phenolic OH excluding ortho intramolecular Hbond substituents is 1. The van der Waals surface area contributed by atoms with Crippen molar-refractivity contribution in [1.82, 2.24) is 0 Å². The minimum atomic E-state index is -0.706. The van der Waals surface area contributed by atoms with E-state index in [4.69, 9.17) is 0 Å². The Kier molecular flexibility index (Phi) is 4.73. The smallest absolute Gasteiger partial charge is 0.116 e. The Labute approximate surface area is 145 Å². The lowest BCUT2D eigenvalue weighted by molar-refractivity contribution is 0.476. The van der Waals surface area contributed by atoms with Gasteiger partial charge in [-0.3, -0.25) is 0 Å². The number of hydrogen-bond donors (Lipinski definition) is 1. The molecule has 0 saturated carbocycles. The highest BCUT2D eigenvalue weighted by Gasteiger charge is 2.23. The van der Waals surface area contributed by atoms with Crippen LogP contribution in [0.2, 0.25) is 0 Å². The first-order valence-electron chi connectivity index (χ1n) is 8.20. The van der Waals surface area contributed by atoms with Gasteiger partial charge >= 0.3 is 0 Å². The van der Waals surface area contributed by atoms with Crippen molar-refractivity contribution in [1.29, 1.82) is 0 Å². The zero-order valence-corrected chi connectivity index (χ0v) is 15.6. The van der Waals surface area contributed by atoms with Crippen molar-refractivity contribution in [3.63, 3.8) is 0 Å². The molecule has 0 heterocycles. The van der Waals surface area contributed by atoms with E-state index in [2.05, 4.69) is 70.2 Å². The van der Waals surface area contributed by atoms with Crippen LogP contribution in [0.3, 0.4) is 0 Å². The van der Waals surface area contributed by atoms with E-state index in [1.54, 1.807) is 6.07 Å². The molecule has 0 amide bonds. The molecule has 3 rings (SSSR count). The average molecular weight is 334 g/mol. The molecule has 0 aliphatic heterocycles. The highest BCUT2D eigenvalue weighted by molar-refractivity contribution is 7.80. The van der Waals surface area contributed by atoms with E-state index in [0.717, 1.165) is 0 Å². The van der Waals surface area contributed by atoms with Crippen molar-refractivity contribution < 1.29 is 5.11 Å². The average Bonchev–Trinajstić information content (AvgIpc) is 2.53. The number of aromatic hydroxyl groups is 1. The van der Waals surface area contributed by atoms with Gasteiger partial charge in [-0.05, 0) is 85.9 Å². The Hall–Kier alpha value is -2.11. The van der Waals surface area contributed by atoms with Crippen LogP contribution in [0.4, 0.5) is 0 Å². The van der Waals surface area contributed by atoms with Gasteiger partial charge in [0, 0.05) is 0 Å². The lowest BCUT2D eigenvalue weighted by Crippen LogP contribution is -2.27. The molecule has 0 aliphatic carbocycles. The van der Waals surface area contributed by atoms with Crippen LogP contribution >= 0.6 is 7.92 Å². The van der Waals surface area contributed by atoms with E-state index >= 15 is 0 Å². The van der Waals surface area contributed by atoms with E-state index in [1.165, 1.54) is 38.2 Å². The normalized spacial score (nSPS) is 11.0. The second-order valence-electron chi connectivity index (χ2n) is 6.34. The largest absolute Gasteiger partial charge is 0.508 e. The number of hydrogen-bond acceptors (Lipinski definition) is 1. The van der Waals surface area contributed by atoms with Crippen molar-refractivity contribution in [2.24, 2.45) is 0 Å². The fraction of sp³-hybridized carbons (Fsp3) is 0.182. The predicted molar refractivity (Wildman–Crippen MR) is 106 cm³/mol. The van der Waals surface area contributed by atoms with Gasteiger partial charge < -0.3 is 5.11 Å². The lowest BCUT2D eigenvalue weighted by atomic mass is 10.1. The van der Waals surface area contributed by atoms with Crippen LogP contribution in [-0.2, 0) is 0 Å². The summed E-state index contributed by atoms with van der Waals surface area (Å²) in [6.45, 7) is 8.75. The van der Waals surface area contributed by atoms with E-state index in [1.807, 2.05) is 12.1 Å². The maximum atomic E-state index is 10.0. The van der Waals surface area contributed by atoms with Crippen molar-refractivity contribution in [2.75, 3.05) is 0 Å². The van der Waals surface area contributed by atoms with Gasteiger partial charge in [-0.25, -0.2) is 0 Å². The van der Waals surface area contributed by atoms with Crippen LogP contribution in [0.25, 0.3) is 0 Å². The third-order valence-electron chi connectivity index (χ3n) is 4.41. The summed E-state index contributed by atoms with van der Waals surface area (Å²) >= 11 is 0. The van der Waals surface area contributed by atoms with Crippen LogP contribution < -0.4 is 15.9 Å². The summed E-state index contributed by atoms with van der Waals surface area (Å²) in [5, 5.41) is 14.0. The van der Waals surface area contributed by atoms with Gasteiger partial charge in [0.15, 0.2) is 0 Å². The molecule has 0 bridgehead atoms. The quantitative estimate of drug-likeness (QED) is 0.705. The molecule has 0 atom stereocenters. The zero-order chi connectivity index (χ0) is 17.3. The first kappa shape index (κ1) is 16.7. The van der Waals surface area contributed by atoms with Gasteiger partial charge in [0.2, 0.25) is 0 Å². The summed E-state index contributed by atoms with van der Waals surface area (Å²) in [5.41, 5.74) is 5.25. The molecular weight excluding hydrogens is 311 g/mol. The molecule has 1 N–H and O–H groups in total. The molecule has 1 nitrogen and oxygen atoms in total. The maximum absolute atomic E-state index is 10.0. The molecule has 0 radical (unpaired) electrons. The minimum absolute atomic E-state index is 0.331. The van der Waals surface area contributed by atoms with Crippen LogP contribution in [0.5, 0.6) is 5.75 Å². The SMILES string of the molecule is Cc1cccc(C)c1P(c1cccc(O)c1)c1c(C)cccc1C. The zero-order valence-electron chi connectivity index (χ0n) is 14.7. The number of aryl methyl sites for hydroxylation is 4. The monoisotopic (exact) mass is 334 g/mol. The van der Waals surface area contributed by atoms with E-state index in [-0.39, 0.29) is 0 Å². The third kappa shape index (κ3) is 3.09. The highest BCUT2D eigenvalue weighted by Crippen LogP contribution is 2.38. The number of phenols is 1. The molecule has 24 heavy (non-hydrogen) atoms. The standard InChI is InChI=1S/C22H23OP/c1-15-8-5-9-16(2)21(15)24(20-13-7-12-19(23)14-20)22-17(3)10-6-11-18(22)4/h5-14,23H,1-4H3. The van der Waals surface area contributed by atoms with Gasteiger partial charge in [0.1, 0.15) is 5.75 Å². The van der Waals surface area contributed by atoms with Crippen LogP contribution in [0.1, 0.15) is 22.3 Å². The summed E-state index contributed by atoms with van der Waals surface area (Å²) in [7, 11) is -0.706. The van der Waals surface area contributed by atoms with Crippen molar-refractivity contribution in [3.05, 3.63) is 82.9 Å². The van der Waals surface area contributed by atoms with Crippen molar-refractivity contribution in [3.8, 4) is 5.75 Å². The molecule has 3 aromatic rings. The first-order chi connectivity index (χ1) is 11.5. The molecule has 0 unspecified atom stereocenters. The van der Waals surface area contributed by atoms with Gasteiger partial charge in [0.05, 0.1) is 0 Å². The molecule has 0 saturated heterocycles. The highest BCUT2D eigenvalue weighted by atomic mass is 31.1. The summed E-state index contributed by atoms with van der Waals surface area (Å²) in [4.78, 5) is 0. The molecule has 0 aromatic heterocycles. The summed E-state index contributed by atoms with van der Waals surface area (Å²) in [6, 6.07) is 20.7. The predicted octanol–water partition coefficient (Wildman–Crippen LogP) is 4.38. The van der Waals surface area contributed by atoms with Crippen LogP contribution in [0, 0.1) is 27.7 Å². The molecule has 122 valence electrons. The van der Waals surface area contributed by atoms with Crippen molar-refractivity contribution in [2.45, 2.75) is 27.7 Å². The molecule has 0 aliphatic rings. The Morgan fingerprint density at radius 2 is 1.04 bits per heavy atom. The van der Waals surface area contributed by atoms with Crippen LogP contribution in [-0.4, -0.2) is 5.11 Å². The van der Waals surface area contributed by atoms with Crippen molar-refractivity contribution >= 4 is 23.8 Å². The minimum Gasteiger partial charge on any atom is -0.508 e. The molecule has 2 heteroatoms. The van der Waals surface area contributed by atoms with E-state index in [0.29, 0.717) is 5.75 Å². The summed E-state index contributed by atoms with van der Waals surface area (Å²) in [6.07, 6.45) is 0. The Balaban J connectivity index is 2.34. The van der Waals surface area contributed by atoms with E-state index < -0.39 is 7.92 Å².